The van der Waals surface area contributed by atoms with Gasteiger partial charge in [0, 0.05) is 6.54 Å². The van der Waals surface area contributed by atoms with Crippen LogP contribution < -0.4 is 0 Å². The first-order valence-corrected chi connectivity index (χ1v) is 5.97. The van der Waals surface area contributed by atoms with Crippen LogP contribution in [0.1, 0.15) is 34.1 Å². The van der Waals surface area contributed by atoms with E-state index in [1.165, 1.54) is 12.0 Å². The van der Waals surface area contributed by atoms with Gasteiger partial charge in [-0.3, -0.25) is 4.90 Å². The van der Waals surface area contributed by atoms with Crippen LogP contribution in [0, 0.1) is 0 Å². The molecule has 1 aliphatic heterocycles. The Morgan fingerprint density at radius 3 is 2.44 bits per heavy atom. The molecule has 1 amide bonds. The highest BCUT2D eigenvalue weighted by molar-refractivity contribution is 5.88. The molecule has 0 spiro atoms. The molecule has 1 rings (SSSR count). The largest absolute Gasteiger partial charge is 0.467 e. The van der Waals surface area contributed by atoms with Crippen molar-refractivity contribution < 1.29 is 19.1 Å². The maximum absolute atomic E-state index is 12.1. The number of ether oxygens (including phenoxy) is 2. The van der Waals surface area contributed by atoms with Gasteiger partial charge in [0.2, 0.25) is 0 Å². The molecule has 5 heteroatoms. The first-order valence-electron chi connectivity index (χ1n) is 5.97. The third kappa shape index (κ3) is 3.03. The predicted octanol–water partition coefficient (Wildman–Crippen LogP) is 2.12. The fourth-order valence-corrected chi connectivity index (χ4v) is 1.82. The lowest BCUT2D eigenvalue weighted by Gasteiger charge is -2.39. The SMILES string of the molecule is COC(=O)C1(C)C=CCCN1C(=O)OC(C)(C)C. The number of hydrogen-bond donors (Lipinski definition) is 0. The van der Waals surface area contributed by atoms with Crippen molar-refractivity contribution in [2.75, 3.05) is 13.7 Å². The highest BCUT2D eigenvalue weighted by atomic mass is 16.6. The van der Waals surface area contributed by atoms with Crippen molar-refractivity contribution in [2.24, 2.45) is 0 Å². The van der Waals surface area contributed by atoms with E-state index in [9.17, 15) is 9.59 Å². The van der Waals surface area contributed by atoms with E-state index in [1.807, 2.05) is 6.08 Å². The topological polar surface area (TPSA) is 55.8 Å². The third-order valence-corrected chi connectivity index (χ3v) is 2.74. The van der Waals surface area contributed by atoms with Gasteiger partial charge in [-0.2, -0.15) is 0 Å². The van der Waals surface area contributed by atoms with Gasteiger partial charge in [0.25, 0.3) is 0 Å². The van der Waals surface area contributed by atoms with Gasteiger partial charge in [0.1, 0.15) is 5.60 Å². The van der Waals surface area contributed by atoms with Crippen LogP contribution in [0.25, 0.3) is 0 Å². The van der Waals surface area contributed by atoms with E-state index >= 15 is 0 Å². The summed E-state index contributed by atoms with van der Waals surface area (Å²) >= 11 is 0. The Kier molecular flexibility index (Phi) is 4.04. The van der Waals surface area contributed by atoms with E-state index in [0.717, 1.165) is 0 Å². The van der Waals surface area contributed by atoms with E-state index in [-0.39, 0.29) is 0 Å². The molecule has 0 saturated carbocycles. The number of hydrogen-bond acceptors (Lipinski definition) is 4. The van der Waals surface area contributed by atoms with E-state index in [1.54, 1.807) is 33.8 Å². The van der Waals surface area contributed by atoms with E-state index in [4.69, 9.17) is 9.47 Å². The van der Waals surface area contributed by atoms with Crippen LogP contribution in [-0.2, 0) is 14.3 Å². The lowest BCUT2D eigenvalue weighted by Crippen LogP contribution is -2.57. The van der Waals surface area contributed by atoms with E-state index < -0.39 is 23.2 Å². The van der Waals surface area contributed by atoms with Gasteiger partial charge in [-0.1, -0.05) is 12.2 Å². The maximum atomic E-state index is 12.1. The molecule has 18 heavy (non-hydrogen) atoms. The zero-order valence-corrected chi connectivity index (χ0v) is 11.6. The number of carbonyl (C=O) groups excluding carboxylic acids is 2. The minimum absolute atomic E-state index is 0.441. The molecule has 1 unspecified atom stereocenters. The number of amides is 1. The van der Waals surface area contributed by atoms with Crippen LogP contribution in [0.2, 0.25) is 0 Å². The predicted molar refractivity (Wildman–Crippen MR) is 67.1 cm³/mol. The average molecular weight is 255 g/mol. The normalized spacial score (nSPS) is 23.7. The van der Waals surface area contributed by atoms with Crippen LogP contribution in [0.4, 0.5) is 4.79 Å². The van der Waals surface area contributed by atoms with Crippen molar-refractivity contribution in [1.82, 2.24) is 4.90 Å². The lowest BCUT2D eigenvalue weighted by atomic mass is 9.95. The van der Waals surface area contributed by atoms with Crippen molar-refractivity contribution in [3.05, 3.63) is 12.2 Å². The monoisotopic (exact) mass is 255 g/mol. The molecule has 1 aliphatic rings. The standard InChI is InChI=1S/C13H21NO4/c1-12(2,3)18-11(16)14-9-7-6-8-13(14,4)10(15)17-5/h6,8H,7,9H2,1-5H3. The molecule has 0 bridgehead atoms. The first kappa shape index (κ1) is 14.5. The number of rotatable bonds is 1. The summed E-state index contributed by atoms with van der Waals surface area (Å²) in [5.41, 5.74) is -1.68. The highest BCUT2D eigenvalue weighted by Crippen LogP contribution is 2.26. The van der Waals surface area contributed by atoms with Gasteiger partial charge in [-0.25, -0.2) is 9.59 Å². The highest BCUT2D eigenvalue weighted by Gasteiger charge is 2.44. The summed E-state index contributed by atoms with van der Waals surface area (Å²) in [5, 5.41) is 0. The summed E-state index contributed by atoms with van der Waals surface area (Å²) in [4.78, 5) is 25.4. The van der Waals surface area contributed by atoms with Crippen LogP contribution in [0.3, 0.4) is 0 Å². The summed E-state index contributed by atoms with van der Waals surface area (Å²) < 4.78 is 10.1. The average Bonchev–Trinajstić information content (AvgIpc) is 2.26. The number of nitrogens with zero attached hydrogens (tertiary/aromatic N) is 1. The molecule has 0 radical (unpaired) electrons. The number of carbonyl (C=O) groups is 2. The van der Waals surface area contributed by atoms with E-state index in [0.29, 0.717) is 13.0 Å². The first-order chi connectivity index (χ1) is 8.20. The van der Waals surface area contributed by atoms with Crippen LogP contribution in [-0.4, -0.2) is 41.8 Å². The molecule has 0 aliphatic carbocycles. The molecule has 0 N–H and O–H groups in total. The second-order valence-corrected chi connectivity index (χ2v) is 5.46. The summed E-state index contributed by atoms with van der Waals surface area (Å²) in [6, 6.07) is 0. The molecular formula is C13H21NO4. The molecule has 102 valence electrons. The molecule has 0 aromatic carbocycles. The maximum Gasteiger partial charge on any atom is 0.411 e. The molecule has 0 aromatic heterocycles. The molecule has 5 nitrogen and oxygen atoms in total. The molecule has 0 aromatic rings. The van der Waals surface area contributed by atoms with Crippen molar-refractivity contribution in [3.63, 3.8) is 0 Å². The summed E-state index contributed by atoms with van der Waals surface area (Å²) in [5.74, 6) is -0.468. The van der Waals surface area contributed by atoms with Crippen molar-refractivity contribution in [2.45, 2.75) is 45.3 Å². The Hall–Kier alpha value is -1.52. The second kappa shape index (κ2) is 5.00. The molecule has 0 fully saturated rings. The third-order valence-electron chi connectivity index (χ3n) is 2.74. The zero-order valence-electron chi connectivity index (χ0n) is 11.6. The summed E-state index contributed by atoms with van der Waals surface area (Å²) in [6.07, 6.45) is 3.76. The van der Waals surface area contributed by atoms with E-state index in [2.05, 4.69) is 0 Å². The Morgan fingerprint density at radius 2 is 1.94 bits per heavy atom. The molecule has 1 heterocycles. The van der Waals surface area contributed by atoms with Gasteiger partial charge in [-0.15, -0.1) is 0 Å². The van der Waals surface area contributed by atoms with Crippen molar-refractivity contribution in [1.29, 1.82) is 0 Å². The fourth-order valence-electron chi connectivity index (χ4n) is 1.82. The zero-order chi connectivity index (χ0) is 14.0. The Balaban J connectivity index is 2.95. The Morgan fingerprint density at radius 1 is 1.33 bits per heavy atom. The van der Waals surface area contributed by atoms with Crippen LogP contribution in [0.5, 0.6) is 0 Å². The van der Waals surface area contributed by atoms with Gasteiger partial charge in [0.15, 0.2) is 5.54 Å². The summed E-state index contributed by atoms with van der Waals surface area (Å²) in [6.45, 7) is 7.47. The van der Waals surface area contributed by atoms with Gasteiger partial charge in [-0.05, 0) is 34.1 Å². The number of esters is 1. The number of methoxy groups -OCH3 is 1. The van der Waals surface area contributed by atoms with Crippen LogP contribution >= 0.6 is 0 Å². The summed E-state index contributed by atoms with van der Waals surface area (Å²) in [7, 11) is 1.31. The van der Waals surface area contributed by atoms with Crippen molar-refractivity contribution in [3.8, 4) is 0 Å². The fraction of sp³-hybridized carbons (Fsp3) is 0.692. The Labute approximate surface area is 108 Å². The quantitative estimate of drug-likeness (QED) is 0.532. The minimum atomic E-state index is -1.09. The minimum Gasteiger partial charge on any atom is -0.467 e. The molecule has 1 atom stereocenters. The van der Waals surface area contributed by atoms with Gasteiger partial charge < -0.3 is 9.47 Å². The van der Waals surface area contributed by atoms with Crippen LogP contribution in [0.15, 0.2) is 12.2 Å². The molecule has 0 saturated heterocycles. The van der Waals surface area contributed by atoms with Gasteiger partial charge in [0.05, 0.1) is 7.11 Å². The lowest BCUT2D eigenvalue weighted by molar-refractivity contribution is -0.151. The molecular weight excluding hydrogens is 234 g/mol. The van der Waals surface area contributed by atoms with Crippen molar-refractivity contribution >= 4 is 12.1 Å². The second-order valence-electron chi connectivity index (χ2n) is 5.46. The van der Waals surface area contributed by atoms with Gasteiger partial charge >= 0.3 is 12.1 Å². The smallest absolute Gasteiger partial charge is 0.411 e. The Bertz CT molecular complexity index is 370.